The van der Waals surface area contributed by atoms with Crippen LogP contribution >= 0.6 is 0 Å². The average Bonchev–Trinajstić information content (AvgIpc) is 2.58. The topological polar surface area (TPSA) is 0 Å². The molecule has 1 aliphatic carbocycles. The van der Waals surface area contributed by atoms with Crippen LogP contribution in [0, 0.1) is 6.92 Å². The van der Waals surface area contributed by atoms with Gasteiger partial charge in [0.15, 0.2) is 0 Å². The minimum Gasteiger partial charge on any atom is -0.0763 e. The molecular weight excluding hydrogens is 156 g/mol. The summed E-state index contributed by atoms with van der Waals surface area (Å²) in [7, 11) is 0. The summed E-state index contributed by atoms with van der Waals surface area (Å²) >= 11 is 0. The molecule has 1 aliphatic rings. The highest BCUT2D eigenvalue weighted by molar-refractivity contribution is 5.72. The van der Waals surface area contributed by atoms with Gasteiger partial charge in [0.25, 0.3) is 0 Å². The Morgan fingerprint density at radius 3 is 2.92 bits per heavy atom. The van der Waals surface area contributed by atoms with Crippen LogP contribution < -0.4 is 0 Å². The summed E-state index contributed by atoms with van der Waals surface area (Å²) in [4.78, 5) is 0. The van der Waals surface area contributed by atoms with Crippen molar-refractivity contribution < 1.29 is 0 Å². The van der Waals surface area contributed by atoms with E-state index in [0.717, 1.165) is 12.8 Å². The monoisotopic (exact) mass is 171 g/mol. The Labute approximate surface area is 80.3 Å². The first-order valence-electron chi connectivity index (χ1n) is 4.98. The van der Waals surface area contributed by atoms with E-state index in [1.54, 1.807) is 0 Å². The van der Waals surface area contributed by atoms with Crippen molar-refractivity contribution in [3.63, 3.8) is 0 Å². The van der Waals surface area contributed by atoms with E-state index in [2.05, 4.69) is 37.3 Å². The van der Waals surface area contributed by atoms with Gasteiger partial charge in [-0.1, -0.05) is 43.7 Å². The Balaban J connectivity index is 2.16. The van der Waals surface area contributed by atoms with Gasteiger partial charge in [0.2, 0.25) is 0 Å². The smallest absolute Gasteiger partial charge is 0.00854 e. The lowest BCUT2D eigenvalue weighted by Crippen LogP contribution is -1.83. The molecule has 0 heteroatoms. The van der Waals surface area contributed by atoms with E-state index in [0.29, 0.717) is 0 Å². The van der Waals surface area contributed by atoms with Crippen LogP contribution in [0.2, 0.25) is 0 Å². The highest BCUT2D eigenvalue weighted by Gasteiger charge is 2.11. The maximum absolute atomic E-state index is 3.88. The lowest BCUT2D eigenvalue weighted by atomic mass is 10.0. The molecule has 0 amide bonds. The van der Waals surface area contributed by atoms with Crippen molar-refractivity contribution in [3.05, 3.63) is 48.4 Å². The number of allylic oxidation sites excluding steroid dienone is 2. The number of benzene rings is 1. The van der Waals surface area contributed by atoms with Crippen LogP contribution in [0.3, 0.4) is 0 Å². The maximum atomic E-state index is 3.88. The Morgan fingerprint density at radius 1 is 1.23 bits per heavy atom. The molecule has 13 heavy (non-hydrogen) atoms. The maximum Gasteiger partial charge on any atom is -0.00854 e. The minimum absolute atomic E-state index is 1.04. The van der Waals surface area contributed by atoms with Crippen molar-refractivity contribution in [2.45, 2.75) is 25.7 Å². The first kappa shape index (κ1) is 8.55. The molecule has 0 aliphatic heterocycles. The molecule has 0 fully saturated rings. The summed E-state index contributed by atoms with van der Waals surface area (Å²) < 4.78 is 0. The molecule has 1 aromatic rings. The Hall–Kier alpha value is -1.04. The fourth-order valence-corrected chi connectivity index (χ4v) is 1.91. The molecule has 2 rings (SSSR count). The van der Waals surface area contributed by atoms with Crippen LogP contribution in [-0.2, 0) is 6.42 Å². The zero-order valence-corrected chi connectivity index (χ0v) is 7.92. The van der Waals surface area contributed by atoms with Crippen molar-refractivity contribution >= 4 is 5.57 Å². The molecule has 0 nitrogen and oxygen atoms in total. The molecule has 0 unspecified atom stereocenters. The van der Waals surface area contributed by atoms with Gasteiger partial charge in [-0.2, -0.15) is 0 Å². The average molecular weight is 171 g/mol. The second-order valence-corrected chi connectivity index (χ2v) is 3.55. The predicted molar refractivity (Wildman–Crippen MR) is 57.3 cm³/mol. The first-order valence-corrected chi connectivity index (χ1v) is 4.98. The van der Waals surface area contributed by atoms with Gasteiger partial charge in [0.1, 0.15) is 0 Å². The summed E-state index contributed by atoms with van der Waals surface area (Å²) in [5.41, 5.74) is 4.48. The quantitative estimate of drug-likeness (QED) is 0.651. The third-order valence-corrected chi connectivity index (χ3v) is 2.63. The molecule has 0 N–H and O–H groups in total. The SMILES string of the molecule is [CH2]CCCC1=CCc2ccccc21. The Morgan fingerprint density at radius 2 is 2.08 bits per heavy atom. The standard InChI is InChI=1S/C13H15/c1-2-3-6-11-9-10-12-7-4-5-8-13(11)12/h4-5,7-9H,1-3,6,10H2. The Bertz CT molecular complexity index is 321. The molecule has 67 valence electrons. The van der Waals surface area contributed by atoms with Crippen LogP contribution in [0.5, 0.6) is 0 Å². The zero-order chi connectivity index (χ0) is 9.10. The van der Waals surface area contributed by atoms with Crippen LogP contribution in [-0.4, -0.2) is 0 Å². The van der Waals surface area contributed by atoms with Gasteiger partial charge >= 0.3 is 0 Å². The van der Waals surface area contributed by atoms with Gasteiger partial charge in [-0.3, -0.25) is 0 Å². The first-order chi connectivity index (χ1) is 6.42. The normalized spacial score (nSPS) is 14.1. The molecule has 0 spiro atoms. The second-order valence-electron chi connectivity index (χ2n) is 3.55. The van der Waals surface area contributed by atoms with E-state index in [4.69, 9.17) is 0 Å². The van der Waals surface area contributed by atoms with Crippen molar-refractivity contribution in [2.75, 3.05) is 0 Å². The largest absolute Gasteiger partial charge is 0.0763 e. The zero-order valence-electron chi connectivity index (χ0n) is 7.92. The van der Waals surface area contributed by atoms with E-state index in [1.165, 1.54) is 29.5 Å². The van der Waals surface area contributed by atoms with Gasteiger partial charge in [-0.25, -0.2) is 0 Å². The predicted octanol–water partition coefficient (Wildman–Crippen LogP) is 3.63. The Kier molecular flexibility index (Phi) is 2.49. The summed E-state index contributed by atoms with van der Waals surface area (Å²) in [5, 5.41) is 0. The number of hydrogen-bond acceptors (Lipinski definition) is 0. The van der Waals surface area contributed by atoms with Crippen LogP contribution in [0.1, 0.15) is 30.4 Å². The number of unbranched alkanes of at least 4 members (excludes halogenated alkanes) is 1. The molecular formula is C13H15. The van der Waals surface area contributed by atoms with Gasteiger partial charge in [-0.05, 0) is 36.0 Å². The van der Waals surface area contributed by atoms with Gasteiger partial charge < -0.3 is 0 Å². The van der Waals surface area contributed by atoms with Crippen LogP contribution in [0.15, 0.2) is 30.3 Å². The summed E-state index contributed by atoms with van der Waals surface area (Å²) in [5.74, 6) is 0. The molecule has 0 saturated carbocycles. The minimum atomic E-state index is 1.04. The number of rotatable bonds is 3. The highest BCUT2D eigenvalue weighted by Crippen LogP contribution is 2.30. The summed E-state index contributed by atoms with van der Waals surface area (Å²) in [6.07, 6.45) is 6.93. The molecule has 0 saturated heterocycles. The summed E-state index contributed by atoms with van der Waals surface area (Å²) in [6, 6.07) is 8.71. The van der Waals surface area contributed by atoms with E-state index < -0.39 is 0 Å². The molecule has 0 atom stereocenters. The number of hydrogen-bond donors (Lipinski definition) is 0. The third kappa shape index (κ3) is 1.67. The molecule has 0 bridgehead atoms. The second kappa shape index (κ2) is 3.78. The van der Waals surface area contributed by atoms with Gasteiger partial charge in [-0.15, -0.1) is 0 Å². The van der Waals surface area contributed by atoms with Crippen molar-refractivity contribution in [1.29, 1.82) is 0 Å². The molecule has 1 radical (unpaired) electrons. The van der Waals surface area contributed by atoms with E-state index in [9.17, 15) is 0 Å². The van der Waals surface area contributed by atoms with Crippen LogP contribution in [0.4, 0.5) is 0 Å². The molecule has 0 heterocycles. The summed E-state index contributed by atoms with van der Waals surface area (Å²) in [6.45, 7) is 3.88. The molecule has 1 aromatic carbocycles. The number of fused-ring (bicyclic) bond motifs is 1. The fourth-order valence-electron chi connectivity index (χ4n) is 1.91. The van der Waals surface area contributed by atoms with E-state index in [-0.39, 0.29) is 0 Å². The van der Waals surface area contributed by atoms with Crippen LogP contribution in [0.25, 0.3) is 5.57 Å². The van der Waals surface area contributed by atoms with Gasteiger partial charge in [0, 0.05) is 0 Å². The lowest BCUT2D eigenvalue weighted by Gasteiger charge is -2.03. The van der Waals surface area contributed by atoms with Crippen molar-refractivity contribution in [1.82, 2.24) is 0 Å². The van der Waals surface area contributed by atoms with E-state index >= 15 is 0 Å². The van der Waals surface area contributed by atoms with E-state index in [1.807, 2.05) is 0 Å². The lowest BCUT2D eigenvalue weighted by molar-refractivity contribution is 0.878. The molecule has 0 aromatic heterocycles. The van der Waals surface area contributed by atoms with Crippen molar-refractivity contribution in [3.8, 4) is 0 Å². The van der Waals surface area contributed by atoms with Gasteiger partial charge in [0.05, 0.1) is 0 Å². The fraction of sp³-hybridized carbons (Fsp3) is 0.308. The third-order valence-electron chi connectivity index (χ3n) is 2.63. The van der Waals surface area contributed by atoms with Crippen molar-refractivity contribution in [2.24, 2.45) is 0 Å². The highest BCUT2D eigenvalue weighted by atomic mass is 14.2.